The molecule has 5 nitrogen and oxygen atoms in total. The van der Waals surface area contributed by atoms with Crippen LogP contribution in [0.4, 0.5) is 5.69 Å². The fourth-order valence-corrected chi connectivity index (χ4v) is 1.77. The molecule has 0 amide bonds. The summed E-state index contributed by atoms with van der Waals surface area (Å²) in [6, 6.07) is 6.53. The van der Waals surface area contributed by atoms with E-state index in [-0.39, 0.29) is 24.4 Å². The number of carbonyl (C=O) groups excluding carboxylic acids is 1. The van der Waals surface area contributed by atoms with Crippen molar-refractivity contribution < 1.29 is 19.4 Å². The van der Waals surface area contributed by atoms with Gasteiger partial charge in [0.25, 0.3) is 0 Å². The summed E-state index contributed by atoms with van der Waals surface area (Å²) in [6.45, 7) is 1.44. The molecule has 1 aliphatic heterocycles. The van der Waals surface area contributed by atoms with Gasteiger partial charge in [-0.05, 0) is 24.3 Å². The minimum atomic E-state index is -0.269. The van der Waals surface area contributed by atoms with Gasteiger partial charge in [0, 0.05) is 18.5 Å². The molecule has 1 aliphatic rings. The van der Waals surface area contributed by atoms with Gasteiger partial charge < -0.3 is 19.9 Å². The van der Waals surface area contributed by atoms with Crippen LogP contribution in [0.5, 0.6) is 5.75 Å². The summed E-state index contributed by atoms with van der Waals surface area (Å²) in [5, 5.41) is 12.1. The quantitative estimate of drug-likeness (QED) is 0.627. The molecule has 0 saturated carbocycles. The molecule has 0 aliphatic carbocycles. The van der Waals surface area contributed by atoms with E-state index in [1.165, 1.54) is 0 Å². The van der Waals surface area contributed by atoms with Crippen LogP contribution < -0.4 is 5.32 Å². The van der Waals surface area contributed by atoms with E-state index in [1.807, 2.05) is 0 Å². The fraction of sp³-hybridized carbons (Fsp3) is 0.462. The maximum atomic E-state index is 11.6. The van der Waals surface area contributed by atoms with Crippen LogP contribution in [0.1, 0.15) is 12.8 Å². The largest absolute Gasteiger partial charge is 0.508 e. The average Bonchev–Trinajstić information content (AvgIpc) is 2.39. The van der Waals surface area contributed by atoms with Crippen LogP contribution in [0.3, 0.4) is 0 Å². The zero-order valence-electron chi connectivity index (χ0n) is 10.1. The third kappa shape index (κ3) is 3.92. The highest BCUT2D eigenvalue weighted by Gasteiger charge is 2.17. The lowest BCUT2D eigenvalue weighted by Crippen LogP contribution is -2.28. The molecule has 0 spiro atoms. The SMILES string of the molecule is O=C(CNc1ccc(O)cc1)OC1CCOCC1. The Morgan fingerprint density at radius 1 is 1.33 bits per heavy atom. The van der Waals surface area contributed by atoms with Gasteiger partial charge in [-0.3, -0.25) is 4.79 Å². The zero-order valence-corrected chi connectivity index (χ0v) is 10.1. The minimum Gasteiger partial charge on any atom is -0.508 e. The number of carbonyl (C=O) groups is 1. The van der Waals surface area contributed by atoms with Crippen LogP contribution in [0.2, 0.25) is 0 Å². The first-order chi connectivity index (χ1) is 8.74. The molecule has 0 unspecified atom stereocenters. The van der Waals surface area contributed by atoms with E-state index in [1.54, 1.807) is 24.3 Å². The van der Waals surface area contributed by atoms with Crippen molar-refractivity contribution in [2.45, 2.75) is 18.9 Å². The van der Waals surface area contributed by atoms with Crippen molar-refractivity contribution in [3.63, 3.8) is 0 Å². The standard InChI is InChI=1S/C13H17NO4/c15-11-3-1-10(2-4-11)14-9-13(16)18-12-5-7-17-8-6-12/h1-4,12,14-15H,5-9H2. The number of nitrogens with one attached hydrogen (secondary N) is 1. The van der Waals surface area contributed by atoms with Crippen molar-refractivity contribution in [2.75, 3.05) is 25.1 Å². The van der Waals surface area contributed by atoms with Gasteiger partial charge in [-0.2, -0.15) is 0 Å². The van der Waals surface area contributed by atoms with Gasteiger partial charge in [-0.15, -0.1) is 0 Å². The molecule has 18 heavy (non-hydrogen) atoms. The molecule has 0 bridgehead atoms. The van der Waals surface area contributed by atoms with Crippen molar-refractivity contribution in [1.82, 2.24) is 0 Å². The lowest BCUT2D eigenvalue weighted by atomic mass is 10.1. The molecule has 1 fully saturated rings. The Labute approximate surface area is 106 Å². The summed E-state index contributed by atoms with van der Waals surface area (Å²) < 4.78 is 10.5. The van der Waals surface area contributed by atoms with Crippen LogP contribution in [0.25, 0.3) is 0 Å². The number of aromatic hydroxyl groups is 1. The molecule has 0 radical (unpaired) electrons. The van der Waals surface area contributed by atoms with E-state index in [4.69, 9.17) is 14.6 Å². The van der Waals surface area contributed by atoms with Crippen molar-refractivity contribution in [3.8, 4) is 5.75 Å². The number of phenolic OH excluding ortho intramolecular Hbond substituents is 1. The topological polar surface area (TPSA) is 67.8 Å². The number of ether oxygens (including phenoxy) is 2. The Kier molecular flexibility index (Phi) is 4.41. The Hall–Kier alpha value is -1.75. The highest BCUT2D eigenvalue weighted by atomic mass is 16.6. The van der Waals surface area contributed by atoms with Gasteiger partial charge in [0.15, 0.2) is 0 Å². The molecule has 1 aromatic rings. The van der Waals surface area contributed by atoms with Crippen LogP contribution in [-0.2, 0) is 14.3 Å². The fourth-order valence-electron chi connectivity index (χ4n) is 1.77. The molecule has 1 saturated heterocycles. The molecular weight excluding hydrogens is 234 g/mol. The van der Waals surface area contributed by atoms with E-state index in [9.17, 15) is 4.79 Å². The number of anilines is 1. The lowest BCUT2D eigenvalue weighted by molar-refractivity contribution is -0.150. The third-order valence-electron chi connectivity index (χ3n) is 2.77. The minimum absolute atomic E-state index is 0.0205. The average molecular weight is 251 g/mol. The number of esters is 1. The lowest BCUT2D eigenvalue weighted by Gasteiger charge is -2.22. The number of hydrogen-bond acceptors (Lipinski definition) is 5. The predicted molar refractivity (Wildman–Crippen MR) is 66.5 cm³/mol. The predicted octanol–water partition coefficient (Wildman–Crippen LogP) is 1.53. The van der Waals surface area contributed by atoms with Crippen LogP contribution >= 0.6 is 0 Å². The molecule has 0 atom stereocenters. The second-order valence-corrected chi connectivity index (χ2v) is 4.20. The molecule has 2 N–H and O–H groups in total. The summed E-state index contributed by atoms with van der Waals surface area (Å²) in [5.41, 5.74) is 0.775. The first-order valence-corrected chi connectivity index (χ1v) is 6.04. The summed E-state index contributed by atoms with van der Waals surface area (Å²) in [5.74, 6) is -0.0692. The summed E-state index contributed by atoms with van der Waals surface area (Å²) >= 11 is 0. The van der Waals surface area contributed by atoms with E-state index in [2.05, 4.69) is 5.32 Å². The third-order valence-corrected chi connectivity index (χ3v) is 2.77. The van der Waals surface area contributed by atoms with E-state index >= 15 is 0 Å². The monoisotopic (exact) mass is 251 g/mol. The van der Waals surface area contributed by atoms with Gasteiger partial charge in [0.1, 0.15) is 18.4 Å². The van der Waals surface area contributed by atoms with E-state index < -0.39 is 0 Å². The van der Waals surface area contributed by atoms with Crippen molar-refractivity contribution in [3.05, 3.63) is 24.3 Å². The molecule has 1 heterocycles. The van der Waals surface area contributed by atoms with Crippen molar-refractivity contribution >= 4 is 11.7 Å². The van der Waals surface area contributed by atoms with Gasteiger partial charge in [0.2, 0.25) is 0 Å². The molecule has 1 aromatic carbocycles. The Balaban J connectivity index is 1.72. The Bertz CT molecular complexity index is 384. The summed E-state index contributed by atoms with van der Waals surface area (Å²) in [7, 11) is 0. The Morgan fingerprint density at radius 2 is 2.00 bits per heavy atom. The molecule has 2 rings (SSSR count). The molecule has 0 aromatic heterocycles. The first-order valence-electron chi connectivity index (χ1n) is 6.04. The highest BCUT2D eigenvalue weighted by Crippen LogP contribution is 2.14. The second-order valence-electron chi connectivity index (χ2n) is 4.20. The molecule has 98 valence electrons. The summed E-state index contributed by atoms with van der Waals surface area (Å²) in [6.07, 6.45) is 1.52. The number of rotatable bonds is 4. The van der Waals surface area contributed by atoms with Gasteiger partial charge in [-0.25, -0.2) is 0 Å². The molecular formula is C13H17NO4. The Morgan fingerprint density at radius 3 is 2.67 bits per heavy atom. The molecule has 5 heteroatoms. The van der Waals surface area contributed by atoms with Crippen LogP contribution in [-0.4, -0.2) is 36.9 Å². The van der Waals surface area contributed by atoms with Gasteiger partial charge in [0.05, 0.1) is 13.2 Å². The smallest absolute Gasteiger partial charge is 0.325 e. The number of phenols is 1. The van der Waals surface area contributed by atoms with Crippen molar-refractivity contribution in [1.29, 1.82) is 0 Å². The maximum absolute atomic E-state index is 11.6. The first kappa shape index (κ1) is 12.7. The van der Waals surface area contributed by atoms with Gasteiger partial charge in [-0.1, -0.05) is 0 Å². The number of benzene rings is 1. The maximum Gasteiger partial charge on any atom is 0.325 e. The number of hydrogen-bond donors (Lipinski definition) is 2. The van der Waals surface area contributed by atoms with E-state index in [0.717, 1.165) is 18.5 Å². The zero-order chi connectivity index (χ0) is 12.8. The normalized spacial score (nSPS) is 16.2. The second kappa shape index (κ2) is 6.26. The van der Waals surface area contributed by atoms with Crippen molar-refractivity contribution in [2.24, 2.45) is 0 Å². The highest BCUT2D eigenvalue weighted by molar-refractivity contribution is 5.75. The van der Waals surface area contributed by atoms with Gasteiger partial charge >= 0.3 is 5.97 Å². The van der Waals surface area contributed by atoms with E-state index in [0.29, 0.717) is 13.2 Å². The van der Waals surface area contributed by atoms with Crippen LogP contribution in [0.15, 0.2) is 24.3 Å². The summed E-state index contributed by atoms with van der Waals surface area (Å²) in [4.78, 5) is 11.6. The van der Waals surface area contributed by atoms with Crippen LogP contribution in [0, 0.1) is 0 Å².